The number of nitrogens with one attached hydrogen (secondary N) is 2. The second kappa shape index (κ2) is 8.79. The summed E-state index contributed by atoms with van der Waals surface area (Å²) in [5.74, 6) is -0.982. The Hall–Kier alpha value is -3.99. The van der Waals surface area contributed by atoms with Gasteiger partial charge in [-0.15, -0.1) is 0 Å². The Kier molecular flexibility index (Phi) is 6.16. The van der Waals surface area contributed by atoms with E-state index in [-0.39, 0.29) is 27.6 Å². The molecule has 3 aromatic carbocycles. The highest BCUT2D eigenvalue weighted by molar-refractivity contribution is 7.92. The van der Waals surface area contributed by atoms with Gasteiger partial charge in [-0.3, -0.25) is 19.6 Å². The van der Waals surface area contributed by atoms with Gasteiger partial charge in [0.05, 0.1) is 22.6 Å². The lowest BCUT2D eigenvalue weighted by atomic mass is 10.2. The second-order valence-electron chi connectivity index (χ2n) is 6.24. The van der Waals surface area contributed by atoms with Gasteiger partial charge in [-0.05, 0) is 48.5 Å². The topological polar surface area (TPSA) is 128 Å². The molecule has 0 fully saturated rings. The van der Waals surface area contributed by atoms with Crippen molar-refractivity contribution in [3.05, 3.63) is 88.2 Å². The quantitative estimate of drug-likeness (QED) is 0.421. The second-order valence-corrected chi connectivity index (χ2v) is 7.92. The van der Waals surface area contributed by atoms with Crippen molar-refractivity contribution in [1.82, 2.24) is 0 Å². The molecule has 0 atom stereocenters. The molecule has 0 radical (unpaired) electrons. The average Bonchev–Trinajstić information content (AvgIpc) is 2.75. The largest absolute Gasteiger partial charge is 0.495 e. The summed E-state index contributed by atoms with van der Waals surface area (Å²) in [7, 11) is -2.91. The van der Waals surface area contributed by atoms with Crippen LogP contribution in [0.5, 0.6) is 5.75 Å². The van der Waals surface area contributed by atoms with E-state index in [4.69, 9.17) is 4.74 Å². The van der Waals surface area contributed by atoms with Gasteiger partial charge in [0.15, 0.2) is 0 Å². The van der Waals surface area contributed by atoms with Crippen molar-refractivity contribution in [2.75, 3.05) is 17.1 Å². The van der Waals surface area contributed by atoms with Crippen LogP contribution < -0.4 is 14.8 Å². The standard InChI is InChI=1S/C20H16FN3O6S/c1-30-19-10-9-16(24(26)27)12-18(19)23-31(28,29)17-4-2-3-13(11-17)20(25)22-15-7-5-14(21)6-8-15/h2-12,23H,1H3,(H,22,25). The monoisotopic (exact) mass is 445 g/mol. The van der Waals surface area contributed by atoms with Crippen molar-refractivity contribution < 1.29 is 27.3 Å². The summed E-state index contributed by atoms with van der Waals surface area (Å²) < 4.78 is 45.9. The van der Waals surface area contributed by atoms with Crippen LogP contribution in [0.4, 0.5) is 21.5 Å². The maximum Gasteiger partial charge on any atom is 0.271 e. The Morgan fingerprint density at radius 2 is 1.77 bits per heavy atom. The summed E-state index contributed by atoms with van der Waals surface area (Å²) in [5, 5.41) is 13.5. The number of hydrogen-bond donors (Lipinski definition) is 2. The van der Waals surface area contributed by atoms with Gasteiger partial charge in [-0.1, -0.05) is 6.07 Å². The van der Waals surface area contributed by atoms with Gasteiger partial charge < -0.3 is 10.1 Å². The summed E-state index contributed by atoms with van der Waals surface area (Å²) in [6.45, 7) is 0. The average molecular weight is 445 g/mol. The molecule has 9 nitrogen and oxygen atoms in total. The molecule has 0 aliphatic carbocycles. The molecule has 0 aliphatic heterocycles. The Labute approximate surface area is 176 Å². The van der Waals surface area contributed by atoms with Crippen molar-refractivity contribution in [2.45, 2.75) is 4.90 Å². The number of nitro benzene ring substituents is 1. The lowest BCUT2D eigenvalue weighted by Gasteiger charge is -2.12. The Balaban J connectivity index is 1.87. The molecule has 0 aliphatic rings. The van der Waals surface area contributed by atoms with Gasteiger partial charge in [0.25, 0.3) is 21.6 Å². The maximum atomic E-state index is 13.0. The Morgan fingerprint density at radius 3 is 2.42 bits per heavy atom. The first-order valence-electron chi connectivity index (χ1n) is 8.72. The van der Waals surface area contributed by atoms with E-state index in [1.807, 2.05) is 0 Å². The summed E-state index contributed by atoms with van der Waals surface area (Å²) in [6.07, 6.45) is 0. The number of ether oxygens (including phenoxy) is 1. The van der Waals surface area contributed by atoms with E-state index in [9.17, 15) is 27.7 Å². The molecule has 0 saturated carbocycles. The number of benzene rings is 3. The Bertz CT molecular complexity index is 1250. The highest BCUT2D eigenvalue weighted by atomic mass is 32.2. The summed E-state index contributed by atoms with van der Waals surface area (Å²) in [6, 6.07) is 13.7. The lowest BCUT2D eigenvalue weighted by molar-refractivity contribution is -0.384. The molecule has 2 N–H and O–H groups in total. The van der Waals surface area contributed by atoms with Gasteiger partial charge in [0.1, 0.15) is 11.6 Å². The van der Waals surface area contributed by atoms with Crippen molar-refractivity contribution in [2.24, 2.45) is 0 Å². The Morgan fingerprint density at radius 1 is 1.06 bits per heavy atom. The van der Waals surface area contributed by atoms with Crippen LogP contribution in [0.25, 0.3) is 0 Å². The zero-order valence-electron chi connectivity index (χ0n) is 16.0. The number of rotatable bonds is 7. The van der Waals surface area contributed by atoms with Crippen LogP contribution in [0.3, 0.4) is 0 Å². The van der Waals surface area contributed by atoms with Gasteiger partial charge in [0.2, 0.25) is 0 Å². The number of anilines is 2. The fourth-order valence-corrected chi connectivity index (χ4v) is 3.74. The predicted molar refractivity (Wildman–Crippen MR) is 111 cm³/mol. The van der Waals surface area contributed by atoms with Crippen molar-refractivity contribution in [3.8, 4) is 5.75 Å². The normalized spacial score (nSPS) is 10.9. The smallest absolute Gasteiger partial charge is 0.271 e. The number of sulfonamides is 1. The van der Waals surface area contributed by atoms with E-state index in [1.165, 1.54) is 61.7 Å². The minimum atomic E-state index is -4.21. The van der Waals surface area contributed by atoms with Crippen LogP contribution in [0.15, 0.2) is 71.6 Å². The lowest BCUT2D eigenvalue weighted by Crippen LogP contribution is -2.16. The number of carbonyl (C=O) groups is 1. The van der Waals surface area contributed by atoms with E-state index in [2.05, 4.69) is 10.0 Å². The van der Waals surface area contributed by atoms with Gasteiger partial charge in [0, 0.05) is 23.4 Å². The molecule has 3 rings (SSSR count). The third kappa shape index (κ3) is 5.14. The van der Waals surface area contributed by atoms with Crippen molar-refractivity contribution in [3.63, 3.8) is 0 Å². The van der Waals surface area contributed by atoms with Crippen LogP contribution in [-0.4, -0.2) is 26.4 Å². The molecular formula is C20H16FN3O6S. The summed E-state index contributed by atoms with van der Waals surface area (Å²) >= 11 is 0. The minimum absolute atomic E-state index is 0.0400. The van der Waals surface area contributed by atoms with Crippen LogP contribution >= 0.6 is 0 Å². The first-order chi connectivity index (χ1) is 14.7. The van der Waals surface area contributed by atoms with E-state index in [0.717, 1.165) is 12.1 Å². The minimum Gasteiger partial charge on any atom is -0.495 e. The van der Waals surface area contributed by atoms with Crippen LogP contribution in [0.2, 0.25) is 0 Å². The first-order valence-corrected chi connectivity index (χ1v) is 10.2. The van der Waals surface area contributed by atoms with Crippen LogP contribution in [0.1, 0.15) is 10.4 Å². The number of halogens is 1. The van der Waals surface area contributed by atoms with E-state index in [1.54, 1.807) is 0 Å². The number of hydrogen-bond acceptors (Lipinski definition) is 6. The maximum absolute atomic E-state index is 13.0. The molecule has 0 bridgehead atoms. The highest BCUT2D eigenvalue weighted by Gasteiger charge is 2.20. The zero-order chi connectivity index (χ0) is 22.6. The third-order valence-corrected chi connectivity index (χ3v) is 5.51. The summed E-state index contributed by atoms with van der Waals surface area (Å²) in [5.41, 5.74) is -0.0823. The molecule has 0 aromatic heterocycles. The van der Waals surface area contributed by atoms with Crippen molar-refractivity contribution >= 4 is 33.0 Å². The number of carbonyl (C=O) groups excluding carboxylic acids is 1. The third-order valence-electron chi connectivity index (χ3n) is 4.15. The molecule has 1 amide bonds. The van der Waals surface area contributed by atoms with E-state index in [0.29, 0.717) is 5.69 Å². The number of methoxy groups -OCH3 is 1. The fraction of sp³-hybridized carbons (Fsp3) is 0.0500. The molecule has 0 spiro atoms. The summed E-state index contributed by atoms with van der Waals surface area (Å²) in [4.78, 5) is 22.5. The number of nitrogens with zero attached hydrogens (tertiary/aromatic N) is 1. The number of amides is 1. The van der Waals surface area contributed by atoms with Gasteiger partial charge in [-0.2, -0.15) is 0 Å². The molecule has 0 unspecified atom stereocenters. The van der Waals surface area contributed by atoms with Crippen LogP contribution in [-0.2, 0) is 10.0 Å². The SMILES string of the molecule is COc1ccc([N+](=O)[O-])cc1NS(=O)(=O)c1cccc(C(=O)Nc2ccc(F)cc2)c1. The van der Waals surface area contributed by atoms with E-state index >= 15 is 0 Å². The molecule has 3 aromatic rings. The zero-order valence-corrected chi connectivity index (χ0v) is 16.9. The van der Waals surface area contributed by atoms with Crippen LogP contribution in [0, 0.1) is 15.9 Å². The molecule has 0 heterocycles. The fourth-order valence-electron chi connectivity index (χ4n) is 2.63. The van der Waals surface area contributed by atoms with E-state index < -0.39 is 26.7 Å². The number of nitro groups is 1. The first kappa shape index (κ1) is 21.7. The number of non-ortho nitro benzene ring substituents is 1. The molecule has 0 saturated heterocycles. The molecular weight excluding hydrogens is 429 g/mol. The molecule has 160 valence electrons. The highest BCUT2D eigenvalue weighted by Crippen LogP contribution is 2.31. The van der Waals surface area contributed by atoms with Gasteiger partial charge in [-0.25, -0.2) is 12.8 Å². The molecule has 31 heavy (non-hydrogen) atoms. The van der Waals surface area contributed by atoms with Gasteiger partial charge >= 0.3 is 0 Å². The predicted octanol–water partition coefficient (Wildman–Crippen LogP) is 3.80. The molecule has 11 heteroatoms. The van der Waals surface area contributed by atoms with Crippen molar-refractivity contribution in [1.29, 1.82) is 0 Å².